The molecule has 178 valence electrons. The number of carbonyl (C=O) groups excluding carboxylic acids is 2. The molecule has 2 fully saturated rings. The van der Waals surface area contributed by atoms with Gasteiger partial charge in [0.2, 0.25) is 5.91 Å². The lowest BCUT2D eigenvalue weighted by molar-refractivity contribution is -0.127. The number of methoxy groups -OCH3 is 1. The summed E-state index contributed by atoms with van der Waals surface area (Å²) in [6.45, 7) is 0. The molecule has 0 saturated heterocycles. The fourth-order valence-corrected chi connectivity index (χ4v) is 5.93. The van der Waals surface area contributed by atoms with Gasteiger partial charge in [-0.2, -0.15) is 4.37 Å². The zero-order valence-corrected chi connectivity index (χ0v) is 21.0. The van der Waals surface area contributed by atoms with E-state index in [0.717, 1.165) is 68.5 Å². The third kappa shape index (κ3) is 5.47. The first-order chi connectivity index (χ1) is 16.0. The van der Waals surface area contributed by atoms with E-state index >= 15 is 0 Å². The maximum atomic E-state index is 13.8. The van der Waals surface area contributed by atoms with Crippen molar-refractivity contribution in [3.63, 3.8) is 0 Å². The molecule has 0 radical (unpaired) electrons. The van der Waals surface area contributed by atoms with E-state index in [4.69, 9.17) is 27.9 Å². The van der Waals surface area contributed by atoms with Crippen molar-refractivity contribution in [2.75, 3.05) is 7.11 Å². The second-order valence-corrected chi connectivity index (χ2v) is 10.5. The molecule has 33 heavy (non-hydrogen) atoms. The Bertz CT molecular complexity index is 970. The summed E-state index contributed by atoms with van der Waals surface area (Å²) in [5, 5.41) is 3.38. The van der Waals surface area contributed by atoms with Crippen LogP contribution in [-0.4, -0.2) is 40.3 Å². The van der Waals surface area contributed by atoms with Crippen molar-refractivity contribution >= 4 is 46.5 Å². The van der Waals surface area contributed by atoms with Crippen molar-refractivity contribution in [2.24, 2.45) is 0 Å². The number of rotatable bonds is 7. The number of benzene rings is 1. The zero-order valence-electron chi connectivity index (χ0n) is 18.7. The highest BCUT2D eigenvalue weighted by Gasteiger charge is 2.40. The fraction of sp³-hybridized carbons (Fsp3) is 0.542. The van der Waals surface area contributed by atoms with Crippen molar-refractivity contribution in [2.45, 2.75) is 75.9 Å². The second-order valence-electron chi connectivity index (χ2n) is 8.79. The summed E-state index contributed by atoms with van der Waals surface area (Å²) in [7, 11) is 1.60. The maximum Gasteiger partial charge on any atom is 0.276 e. The lowest BCUT2D eigenvalue weighted by Crippen LogP contribution is -2.50. The smallest absolute Gasteiger partial charge is 0.276 e. The molecule has 2 aliphatic rings. The summed E-state index contributed by atoms with van der Waals surface area (Å²) in [4.78, 5) is 29.3. The summed E-state index contributed by atoms with van der Waals surface area (Å²) < 4.78 is 9.80. The van der Waals surface area contributed by atoms with Crippen molar-refractivity contribution < 1.29 is 14.3 Å². The highest BCUT2D eigenvalue weighted by atomic mass is 35.5. The average molecular weight is 510 g/mol. The van der Waals surface area contributed by atoms with Gasteiger partial charge in [-0.3, -0.25) is 9.59 Å². The largest absolute Gasteiger partial charge is 0.497 e. The minimum absolute atomic E-state index is 0.0711. The SMILES string of the molecule is COc1ccc([C@@H](C(=O)NC2CCCCC2)N(C(=O)c2nsc(Cl)c2Cl)C2CCCC2)cc1. The van der Waals surface area contributed by atoms with Crippen molar-refractivity contribution in [3.05, 3.63) is 44.9 Å². The Kier molecular flexibility index (Phi) is 8.15. The number of nitrogens with zero attached hydrogens (tertiary/aromatic N) is 2. The third-order valence-electron chi connectivity index (χ3n) is 6.66. The molecule has 6 nitrogen and oxygen atoms in total. The van der Waals surface area contributed by atoms with E-state index in [1.165, 1.54) is 6.42 Å². The third-order valence-corrected chi connectivity index (χ3v) is 8.27. The van der Waals surface area contributed by atoms with E-state index in [0.29, 0.717) is 5.75 Å². The zero-order chi connectivity index (χ0) is 23.4. The molecular formula is C24H29Cl2N3O3S. The number of carbonyl (C=O) groups is 2. The second kappa shape index (κ2) is 11.1. The summed E-state index contributed by atoms with van der Waals surface area (Å²) >= 11 is 13.4. The minimum atomic E-state index is -0.787. The fourth-order valence-electron chi connectivity index (χ4n) is 4.94. The Labute approximate surface area is 208 Å². The number of halogens is 2. The Balaban J connectivity index is 1.73. The number of hydrogen-bond donors (Lipinski definition) is 1. The molecule has 2 aromatic rings. The van der Waals surface area contributed by atoms with Crippen LogP contribution >= 0.6 is 34.7 Å². The number of nitrogens with one attached hydrogen (secondary N) is 1. The van der Waals surface area contributed by atoms with Crippen LogP contribution in [0.4, 0.5) is 0 Å². The topological polar surface area (TPSA) is 71.5 Å². The van der Waals surface area contributed by atoms with Crippen LogP contribution < -0.4 is 10.1 Å². The summed E-state index contributed by atoms with van der Waals surface area (Å²) in [5.74, 6) is 0.178. The molecule has 1 N–H and O–H groups in total. The lowest BCUT2D eigenvalue weighted by Gasteiger charge is -2.37. The van der Waals surface area contributed by atoms with Crippen molar-refractivity contribution in [1.29, 1.82) is 0 Å². The molecule has 0 unspecified atom stereocenters. The van der Waals surface area contributed by atoms with Gasteiger partial charge in [0.15, 0.2) is 5.69 Å². The molecule has 1 atom stereocenters. The Hall–Kier alpha value is -1.83. The van der Waals surface area contributed by atoms with Gasteiger partial charge in [-0.15, -0.1) is 0 Å². The molecule has 2 amide bonds. The number of ether oxygens (including phenoxy) is 1. The Morgan fingerprint density at radius 1 is 1.06 bits per heavy atom. The van der Waals surface area contributed by atoms with Crippen molar-refractivity contribution in [3.8, 4) is 5.75 Å². The molecule has 0 aliphatic heterocycles. The van der Waals surface area contributed by atoms with Gasteiger partial charge in [0.1, 0.15) is 21.2 Å². The number of aromatic nitrogens is 1. The van der Waals surface area contributed by atoms with Crippen LogP contribution in [0.25, 0.3) is 0 Å². The predicted molar refractivity (Wildman–Crippen MR) is 131 cm³/mol. The molecule has 2 saturated carbocycles. The van der Waals surface area contributed by atoms with Crippen LogP contribution in [0.5, 0.6) is 5.75 Å². The maximum absolute atomic E-state index is 13.8. The monoisotopic (exact) mass is 509 g/mol. The van der Waals surface area contributed by atoms with Crippen LogP contribution in [-0.2, 0) is 4.79 Å². The molecule has 0 spiro atoms. The predicted octanol–water partition coefficient (Wildman–Crippen LogP) is 6.03. The van der Waals surface area contributed by atoms with Gasteiger partial charge in [-0.1, -0.05) is 67.4 Å². The molecule has 4 rings (SSSR count). The summed E-state index contributed by atoms with van der Waals surface area (Å²) in [5.41, 5.74) is 0.851. The summed E-state index contributed by atoms with van der Waals surface area (Å²) in [6.07, 6.45) is 9.04. The van der Waals surface area contributed by atoms with Gasteiger partial charge < -0.3 is 15.0 Å². The first-order valence-corrected chi connectivity index (χ1v) is 13.1. The molecule has 9 heteroatoms. The van der Waals surface area contributed by atoms with Crippen LogP contribution in [0.3, 0.4) is 0 Å². The molecule has 2 aliphatic carbocycles. The molecular weight excluding hydrogens is 481 g/mol. The Morgan fingerprint density at radius 3 is 2.27 bits per heavy atom. The normalized spacial score (nSPS) is 18.2. The molecule has 0 bridgehead atoms. The van der Waals surface area contributed by atoms with E-state index in [-0.39, 0.29) is 39.0 Å². The minimum Gasteiger partial charge on any atom is -0.497 e. The lowest BCUT2D eigenvalue weighted by atomic mass is 9.94. The first kappa shape index (κ1) is 24.3. The van der Waals surface area contributed by atoms with Crippen LogP contribution in [0.15, 0.2) is 24.3 Å². The van der Waals surface area contributed by atoms with E-state index < -0.39 is 6.04 Å². The van der Waals surface area contributed by atoms with Gasteiger partial charge in [0.05, 0.1) is 7.11 Å². The summed E-state index contributed by atoms with van der Waals surface area (Å²) in [6, 6.07) is 6.62. The van der Waals surface area contributed by atoms with Gasteiger partial charge in [0, 0.05) is 12.1 Å². The first-order valence-electron chi connectivity index (χ1n) is 11.6. The highest BCUT2D eigenvalue weighted by Crippen LogP contribution is 2.37. The van der Waals surface area contributed by atoms with E-state index in [1.807, 2.05) is 24.3 Å². The molecule has 1 aromatic heterocycles. The number of hydrogen-bond acceptors (Lipinski definition) is 5. The quantitative estimate of drug-likeness (QED) is 0.494. The highest BCUT2D eigenvalue weighted by molar-refractivity contribution is 7.11. The van der Waals surface area contributed by atoms with Gasteiger partial charge in [0.25, 0.3) is 5.91 Å². The van der Waals surface area contributed by atoms with Gasteiger partial charge >= 0.3 is 0 Å². The van der Waals surface area contributed by atoms with Crippen LogP contribution in [0.1, 0.15) is 79.9 Å². The van der Waals surface area contributed by atoms with Gasteiger partial charge in [-0.25, -0.2) is 0 Å². The van der Waals surface area contributed by atoms with Crippen LogP contribution in [0, 0.1) is 0 Å². The molecule has 1 aromatic carbocycles. The van der Waals surface area contributed by atoms with E-state index in [9.17, 15) is 9.59 Å². The molecule has 1 heterocycles. The standard InChI is InChI=1S/C24H29Cl2N3O3S/c1-32-18-13-11-15(12-14-18)21(23(30)27-16-7-3-2-4-8-16)29(17-9-5-6-10-17)24(31)20-19(25)22(26)33-28-20/h11-14,16-17,21H,2-10H2,1H3,(H,27,30)/t21-/m0/s1. The van der Waals surface area contributed by atoms with Crippen LogP contribution in [0.2, 0.25) is 9.36 Å². The van der Waals surface area contributed by atoms with Crippen molar-refractivity contribution in [1.82, 2.24) is 14.6 Å². The number of amides is 2. The van der Waals surface area contributed by atoms with E-state index in [1.54, 1.807) is 12.0 Å². The van der Waals surface area contributed by atoms with Gasteiger partial charge in [-0.05, 0) is 54.9 Å². The van der Waals surface area contributed by atoms with E-state index in [2.05, 4.69) is 9.69 Å². The average Bonchev–Trinajstić information content (AvgIpc) is 3.48. The Morgan fingerprint density at radius 2 is 1.70 bits per heavy atom.